The van der Waals surface area contributed by atoms with Crippen LogP contribution in [0, 0.1) is 17.7 Å². The minimum atomic E-state index is -0.563. The molecule has 4 rings (SSSR count). The number of methoxy groups -OCH3 is 1. The molecule has 1 aliphatic rings. The van der Waals surface area contributed by atoms with Gasteiger partial charge in [0.1, 0.15) is 23.7 Å². The monoisotopic (exact) mass is 401 g/mol. The van der Waals surface area contributed by atoms with Crippen LogP contribution in [-0.2, 0) is 4.74 Å². The van der Waals surface area contributed by atoms with Crippen molar-refractivity contribution >= 4 is 6.09 Å². The van der Waals surface area contributed by atoms with Gasteiger partial charge in [-0.2, -0.15) is 0 Å². The number of alkyl carbamates (subject to hydrolysis) is 1. The van der Waals surface area contributed by atoms with E-state index < -0.39 is 11.9 Å². The van der Waals surface area contributed by atoms with Gasteiger partial charge in [0.25, 0.3) is 0 Å². The van der Waals surface area contributed by atoms with Crippen LogP contribution in [0.2, 0.25) is 0 Å². The fraction of sp³-hybridized carbons (Fsp3) is 0.160. The van der Waals surface area contributed by atoms with Gasteiger partial charge in [0.2, 0.25) is 0 Å². The first kappa shape index (κ1) is 19.5. The van der Waals surface area contributed by atoms with Gasteiger partial charge < -0.3 is 14.8 Å². The minimum absolute atomic E-state index is 0.00286. The molecule has 5 heteroatoms. The molecule has 0 aliphatic heterocycles. The first-order chi connectivity index (χ1) is 14.7. The van der Waals surface area contributed by atoms with Crippen molar-refractivity contribution in [2.24, 2.45) is 0 Å². The average Bonchev–Trinajstić information content (AvgIpc) is 3.10. The van der Waals surface area contributed by atoms with E-state index >= 15 is 0 Å². The molecule has 1 amide bonds. The molecule has 0 bridgehead atoms. The molecule has 1 aliphatic carbocycles. The number of hydrogen-bond acceptors (Lipinski definition) is 3. The molecule has 0 atom stereocenters. The fourth-order valence-electron chi connectivity index (χ4n) is 3.69. The normalized spacial score (nSPS) is 11.7. The molecular weight excluding hydrogens is 381 g/mol. The lowest BCUT2D eigenvalue weighted by atomic mass is 9.98. The van der Waals surface area contributed by atoms with Crippen molar-refractivity contribution in [3.05, 3.63) is 89.2 Å². The Morgan fingerprint density at radius 3 is 2.33 bits per heavy atom. The van der Waals surface area contributed by atoms with Crippen molar-refractivity contribution < 1.29 is 18.7 Å². The van der Waals surface area contributed by atoms with Crippen molar-refractivity contribution in [3.63, 3.8) is 0 Å². The molecule has 0 radical (unpaired) electrons. The lowest BCUT2D eigenvalue weighted by Crippen LogP contribution is -2.26. The second-order valence-electron chi connectivity index (χ2n) is 6.80. The molecule has 1 N–H and O–H groups in total. The summed E-state index contributed by atoms with van der Waals surface area (Å²) < 4.78 is 24.4. The first-order valence-corrected chi connectivity index (χ1v) is 9.59. The average molecular weight is 401 g/mol. The Balaban J connectivity index is 1.37. The predicted octanol–water partition coefficient (Wildman–Crippen LogP) is 4.72. The number of rotatable bonds is 4. The maximum Gasteiger partial charge on any atom is 0.407 e. The molecule has 3 aromatic carbocycles. The third-order valence-electron chi connectivity index (χ3n) is 5.07. The van der Waals surface area contributed by atoms with Crippen LogP contribution < -0.4 is 10.1 Å². The Hall–Kier alpha value is -3.78. The lowest BCUT2D eigenvalue weighted by Gasteiger charge is -2.14. The van der Waals surface area contributed by atoms with E-state index in [0.29, 0.717) is 5.75 Å². The molecule has 0 spiro atoms. The number of benzene rings is 3. The van der Waals surface area contributed by atoms with Gasteiger partial charge >= 0.3 is 6.09 Å². The molecule has 0 saturated carbocycles. The molecule has 0 fully saturated rings. The van der Waals surface area contributed by atoms with Gasteiger partial charge in [0.05, 0.1) is 13.7 Å². The van der Waals surface area contributed by atoms with Crippen molar-refractivity contribution in [1.29, 1.82) is 0 Å². The standard InChI is InChI=1S/C25H20FNO3/c1-29-24-14-6-13-23(26)21(24)12-7-15-27-25(28)30-16-22-19-10-4-2-8-17(19)18-9-3-5-11-20(18)22/h2-6,8-11,13-14,22H,15-16H2,1H3,(H,27,28). The largest absolute Gasteiger partial charge is 0.495 e. The molecule has 0 aromatic heterocycles. The van der Waals surface area contributed by atoms with E-state index in [-0.39, 0.29) is 24.6 Å². The van der Waals surface area contributed by atoms with E-state index in [4.69, 9.17) is 9.47 Å². The number of amides is 1. The highest BCUT2D eigenvalue weighted by Gasteiger charge is 2.28. The van der Waals surface area contributed by atoms with Crippen LogP contribution in [-0.4, -0.2) is 26.4 Å². The van der Waals surface area contributed by atoms with E-state index in [1.54, 1.807) is 12.1 Å². The minimum Gasteiger partial charge on any atom is -0.495 e. The third-order valence-corrected chi connectivity index (χ3v) is 5.07. The quantitative estimate of drug-likeness (QED) is 0.644. The van der Waals surface area contributed by atoms with Crippen LogP contribution in [0.15, 0.2) is 66.7 Å². The number of carbonyl (C=O) groups is 1. The van der Waals surface area contributed by atoms with Crippen molar-refractivity contribution in [1.82, 2.24) is 5.32 Å². The topological polar surface area (TPSA) is 47.6 Å². The number of fused-ring (bicyclic) bond motifs is 3. The fourth-order valence-corrected chi connectivity index (χ4v) is 3.69. The molecule has 0 heterocycles. The number of hydrogen-bond donors (Lipinski definition) is 1. The van der Waals surface area contributed by atoms with E-state index in [2.05, 4.69) is 41.4 Å². The van der Waals surface area contributed by atoms with Gasteiger partial charge in [-0.05, 0) is 34.4 Å². The maximum atomic E-state index is 13.9. The van der Waals surface area contributed by atoms with Gasteiger partial charge in [-0.15, -0.1) is 0 Å². The van der Waals surface area contributed by atoms with Gasteiger partial charge in [-0.1, -0.05) is 66.4 Å². The van der Waals surface area contributed by atoms with Gasteiger partial charge in [0, 0.05) is 5.92 Å². The third kappa shape index (κ3) is 3.85. The van der Waals surface area contributed by atoms with E-state index in [1.807, 2.05) is 24.3 Å². The van der Waals surface area contributed by atoms with Crippen molar-refractivity contribution in [2.75, 3.05) is 20.3 Å². The summed E-state index contributed by atoms with van der Waals surface area (Å²) in [7, 11) is 1.45. The van der Waals surface area contributed by atoms with Crippen molar-refractivity contribution in [3.8, 4) is 28.7 Å². The zero-order valence-electron chi connectivity index (χ0n) is 16.4. The summed E-state index contributed by atoms with van der Waals surface area (Å²) >= 11 is 0. The Labute approximate surface area is 174 Å². The predicted molar refractivity (Wildman–Crippen MR) is 113 cm³/mol. The summed E-state index contributed by atoms with van der Waals surface area (Å²) in [5.41, 5.74) is 4.81. The van der Waals surface area contributed by atoms with E-state index in [9.17, 15) is 9.18 Å². The van der Waals surface area contributed by atoms with Crippen LogP contribution in [0.25, 0.3) is 11.1 Å². The first-order valence-electron chi connectivity index (χ1n) is 9.59. The van der Waals surface area contributed by atoms with Crippen LogP contribution in [0.1, 0.15) is 22.6 Å². The Bertz CT molecular complexity index is 1100. The second kappa shape index (κ2) is 8.71. The zero-order chi connectivity index (χ0) is 20.9. The van der Waals surface area contributed by atoms with Gasteiger partial charge in [-0.3, -0.25) is 0 Å². The highest BCUT2D eigenvalue weighted by molar-refractivity contribution is 5.79. The second-order valence-corrected chi connectivity index (χ2v) is 6.80. The maximum absolute atomic E-state index is 13.9. The Kier molecular flexibility index (Phi) is 5.67. The smallest absolute Gasteiger partial charge is 0.407 e. The Morgan fingerprint density at radius 1 is 1.00 bits per heavy atom. The van der Waals surface area contributed by atoms with Crippen LogP contribution in [0.5, 0.6) is 5.75 Å². The molecule has 0 unspecified atom stereocenters. The molecule has 0 saturated heterocycles. The van der Waals surface area contributed by atoms with Crippen LogP contribution in [0.4, 0.5) is 9.18 Å². The number of halogens is 1. The summed E-state index contributed by atoms with van der Waals surface area (Å²) in [6.45, 7) is 0.266. The van der Waals surface area contributed by atoms with Gasteiger partial charge in [0.15, 0.2) is 0 Å². The number of ether oxygens (including phenoxy) is 2. The Morgan fingerprint density at radius 2 is 1.67 bits per heavy atom. The lowest BCUT2D eigenvalue weighted by molar-refractivity contribution is 0.144. The summed E-state index contributed by atoms with van der Waals surface area (Å²) in [5, 5.41) is 2.58. The summed E-state index contributed by atoms with van der Waals surface area (Å²) in [5.74, 6) is 5.29. The molecule has 30 heavy (non-hydrogen) atoms. The molecule has 150 valence electrons. The molecule has 4 nitrogen and oxygen atoms in total. The highest BCUT2D eigenvalue weighted by Crippen LogP contribution is 2.44. The van der Waals surface area contributed by atoms with Crippen molar-refractivity contribution in [2.45, 2.75) is 5.92 Å². The number of nitrogens with one attached hydrogen (secondary N) is 1. The number of carbonyl (C=O) groups excluding carboxylic acids is 1. The van der Waals surface area contributed by atoms with Crippen LogP contribution in [0.3, 0.4) is 0 Å². The summed E-state index contributed by atoms with van der Waals surface area (Å²) in [6, 6.07) is 20.8. The highest BCUT2D eigenvalue weighted by atomic mass is 19.1. The summed E-state index contributed by atoms with van der Waals surface area (Å²) in [4.78, 5) is 12.1. The molecular formula is C25H20FNO3. The SMILES string of the molecule is COc1cccc(F)c1C#CCNC(=O)OCC1c2ccccc2-c2ccccc21. The zero-order valence-corrected chi connectivity index (χ0v) is 16.4. The van der Waals surface area contributed by atoms with Crippen LogP contribution >= 0.6 is 0 Å². The summed E-state index contributed by atoms with van der Waals surface area (Å²) in [6.07, 6.45) is -0.563. The van der Waals surface area contributed by atoms with E-state index in [1.165, 1.54) is 24.3 Å². The van der Waals surface area contributed by atoms with Gasteiger partial charge in [-0.25, -0.2) is 9.18 Å². The molecule has 3 aromatic rings. The van der Waals surface area contributed by atoms with E-state index in [0.717, 1.165) is 11.1 Å².